The highest BCUT2D eigenvalue weighted by molar-refractivity contribution is 7.19. The fraction of sp³-hybridized carbons (Fsp3) is 0.0164. The number of hydrogen-bond donors (Lipinski definition) is 0. The molecular formula is C61H43N3Si. The zero-order chi connectivity index (χ0) is 43.1. The van der Waals surface area contributed by atoms with Crippen LogP contribution in [0, 0.1) is 6.92 Å². The first-order valence-corrected chi connectivity index (χ1v) is 24.5. The second-order valence-corrected chi connectivity index (χ2v) is 21.2. The lowest BCUT2D eigenvalue weighted by Gasteiger charge is -2.34. The van der Waals surface area contributed by atoms with Gasteiger partial charge in [0.05, 0.1) is 38.8 Å². The zero-order valence-corrected chi connectivity index (χ0v) is 36.9. The van der Waals surface area contributed by atoms with Crippen LogP contribution >= 0.6 is 0 Å². The standard InChI is InChI=1S/C61H43N3Si/c1-42-32-38-52-50-25-12-16-30-57(50)64(59(52)40-42)58-31-17-27-54-51-26-13-15-29-56(51)63(61(54)58)44-35-39-53-49-24-11-14-28-55(49)62(60(53)41-44)43-33-36-48(37-34-43)65(45-18-5-2-6-19-45,46-20-7-3-8-21-46)47-22-9-4-10-23-47/h2-41H,1H3. The van der Waals surface area contributed by atoms with Crippen LogP contribution in [-0.4, -0.2) is 21.8 Å². The summed E-state index contributed by atoms with van der Waals surface area (Å²) in [7, 11) is -2.69. The van der Waals surface area contributed by atoms with Gasteiger partial charge in [0.15, 0.2) is 8.07 Å². The van der Waals surface area contributed by atoms with E-state index in [2.05, 4.69) is 263 Å². The maximum Gasteiger partial charge on any atom is 0.179 e. The van der Waals surface area contributed by atoms with Crippen LogP contribution in [0.1, 0.15) is 5.56 Å². The van der Waals surface area contributed by atoms with Crippen molar-refractivity contribution in [2.24, 2.45) is 0 Å². The van der Waals surface area contributed by atoms with Gasteiger partial charge in [0, 0.05) is 43.7 Å². The lowest BCUT2D eigenvalue weighted by Crippen LogP contribution is -2.74. The largest absolute Gasteiger partial charge is 0.309 e. The Morgan fingerprint density at radius 2 is 0.692 bits per heavy atom. The molecule has 0 bridgehead atoms. The Bertz CT molecular complexity index is 3840. The van der Waals surface area contributed by atoms with Gasteiger partial charge >= 0.3 is 0 Å². The Hall–Kier alpha value is -8.18. The van der Waals surface area contributed by atoms with E-state index in [1.807, 2.05) is 0 Å². The quantitative estimate of drug-likeness (QED) is 0.112. The molecule has 0 unspecified atom stereocenters. The fourth-order valence-electron chi connectivity index (χ4n) is 11.1. The molecule has 0 atom stereocenters. The number of para-hydroxylation sites is 4. The summed E-state index contributed by atoms with van der Waals surface area (Å²) in [4.78, 5) is 0. The first kappa shape index (κ1) is 37.4. The van der Waals surface area contributed by atoms with Gasteiger partial charge in [-0.1, -0.05) is 188 Å². The molecule has 0 saturated heterocycles. The summed E-state index contributed by atoms with van der Waals surface area (Å²) < 4.78 is 7.45. The van der Waals surface area contributed by atoms with Crippen molar-refractivity contribution in [1.82, 2.24) is 13.7 Å². The van der Waals surface area contributed by atoms with Crippen LogP contribution in [0.5, 0.6) is 0 Å². The summed E-state index contributed by atoms with van der Waals surface area (Å²) in [5, 5.41) is 12.9. The Labute approximate surface area is 378 Å². The lowest BCUT2D eigenvalue weighted by atomic mass is 10.1. The Balaban J connectivity index is 1.06. The van der Waals surface area contributed by atoms with E-state index in [0.717, 1.165) is 17.1 Å². The second-order valence-electron chi connectivity index (χ2n) is 17.3. The van der Waals surface area contributed by atoms with Crippen molar-refractivity contribution in [3.8, 4) is 17.1 Å². The van der Waals surface area contributed by atoms with Crippen molar-refractivity contribution in [3.63, 3.8) is 0 Å². The van der Waals surface area contributed by atoms with Gasteiger partial charge in [0.2, 0.25) is 0 Å². The summed E-state index contributed by atoms with van der Waals surface area (Å²) in [6.07, 6.45) is 0. The van der Waals surface area contributed by atoms with E-state index in [1.165, 1.54) is 91.7 Å². The SMILES string of the molecule is Cc1ccc2c3ccccc3n(-c3cccc4c5ccccc5n(-c5ccc6c7ccccc7n(-c7ccc([Si](c8ccccc8)(c8ccccc8)c8ccccc8)cc7)c6c5)c34)c2c1. The molecule has 0 saturated carbocycles. The Kier molecular flexibility index (Phi) is 8.45. The van der Waals surface area contributed by atoms with Crippen LogP contribution in [-0.2, 0) is 0 Å². The summed E-state index contributed by atoms with van der Waals surface area (Å²) >= 11 is 0. The third kappa shape index (κ3) is 5.54. The topological polar surface area (TPSA) is 14.8 Å². The third-order valence-corrected chi connectivity index (χ3v) is 18.6. The molecule has 13 aromatic rings. The molecule has 0 amide bonds. The minimum absolute atomic E-state index is 1.12. The van der Waals surface area contributed by atoms with Crippen LogP contribution in [0.4, 0.5) is 0 Å². The van der Waals surface area contributed by atoms with Gasteiger partial charge in [-0.3, -0.25) is 0 Å². The smallest absolute Gasteiger partial charge is 0.179 e. The highest BCUT2D eigenvalue weighted by Gasteiger charge is 2.41. The Morgan fingerprint density at radius 3 is 1.28 bits per heavy atom. The first-order chi connectivity index (χ1) is 32.2. The summed E-state index contributed by atoms with van der Waals surface area (Å²) in [6, 6.07) is 90.3. The van der Waals surface area contributed by atoms with Crippen molar-refractivity contribution >= 4 is 94.2 Å². The van der Waals surface area contributed by atoms with Crippen molar-refractivity contribution in [3.05, 3.63) is 248 Å². The maximum atomic E-state index is 2.50. The molecule has 65 heavy (non-hydrogen) atoms. The molecule has 0 fully saturated rings. The molecule has 0 aliphatic rings. The highest BCUT2D eigenvalue weighted by Crippen LogP contribution is 2.41. The normalized spacial score (nSPS) is 12.1. The molecule has 0 aliphatic carbocycles. The number of benzene rings is 10. The van der Waals surface area contributed by atoms with Gasteiger partial charge in [-0.25, -0.2) is 0 Å². The predicted molar refractivity (Wildman–Crippen MR) is 278 cm³/mol. The molecule has 0 N–H and O–H groups in total. The van der Waals surface area contributed by atoms with E-state index >= 15 is 0 Å². The van der Waals surface area contributed by atoms with Crippen molar-refractivity contribution in [1.29, 1.82) is 0 Å². The molecule has 0 spiro atoms. The van der Waals surface area contributed by atoms with E-state index in [-0.39, 0.29) is 0 Å². The van der Waals surface area contributed by atoms with Gasteiger partial charge in [0.25, 0.3) is 0 Å². The van der Waals surface area contributed by atoms with Gasteiger partial charge < -0.3 is 13.7 Å². The predicted octanol–water partition coefficient (Wildman–Crippen LogP) is 12.7. The van der Waals surface area contributed by atoms with Gasteiger partial charge in [-0.2, -0.15) is 0 Å². The zero-order valence-electron chi connectivity index (χ0n) is 35.9. The molecule has 3 nitrogen and oxygen atoms in total. The molecule has 4 heteroatoms. The number of aryl methyl sites for hydroxylation is 1. The van der Waals surface area contributed by atoms with Gasteiger partial charge in [-0.15, -0.1) is 0 Å². The average Bonchev–Trinajstić information content (AvgIpc) is 4.01. The fourth-order valence-corrected chi connectivity index (χ4v) is 15.8. The number of fused-ring (bicyclic) bond motifs is 9. The molecule has 0 aliphatic heterocycles. The Morgan fingerprint density at radius 1 is 0.277 bits per heavy atom. The molecule has 306 valence electrons. The average molecular weight is 846 g/mol. The van der Waals surface area contributed by atoms with Gasteiger partial charge in [-0.05, 0) is 87.8 Å². The molecule has 0 radical (unpaired) electrons. The molecular weight excluding hydrogens is 803 g/mol. The molecule has 3 aromatic heterocycles. The monoisotopic (exact) mass is 845 g/mol. The highest BCUT2D eigenvalue weighted by atomic mass is 28.3. The van der Waals surface area contributed by atoms with Gasteiger partial charge in [0.1, 0.15) is 0 Å². The van der Waals surface area contributed by atoms with E-state index in [4.69, 9.17) is 0 Å². The number of hydrogen-bond acceptors (Lipinski definition) is 0. The number of rotatable bonds is 7. The van der Waals surface area contributed by atoms with Crippen LogP contribution in [0.3, 0.4) is 0 Å². The molecule has 10 aromatic carbocycles. The van der Waals surface area contributed by atoms with Crippen LogP contribution in [0.25, 0.3) is 82.5 Å². The van der Waals surface area contributed by atoms with Crippen molar-refractivity contribution in [2.75, 3.05) is 0 Å². The third-order valence-electron chi connectivity index (χ3n) is 13.8. The number of nitrogens with zero attached hydrogens (tertiary/aromatic N) is 3. The van der Waals surface area contributed by atoms with Crippen molar-refractivity contribution in [2.45, 2.75) is 6.92 Å². The maximum absolute atomic E-state index is 2.69. The van der Waals surface area contributed by atoms with E-state index in [1.54, 1.807) is 0 Å². The van der Waals surface area contributed by atoms with Crippen LogP contribution in [0.2, 0.25) is 0 Å². The first-order valence-electron chi connectivity index (χ1n) is 22.5. The van der Waals surface area contributed by atoms with Crippen molar-refractivity contribution < 1.29 is 0 Å². The molecule has 3 heterocycles. The summed E-state index contributed by atoms with van der Waals surface area (Å²) in [5.74, 6) is 0. The second kappa shape index (κ2) is 14.7. The number of aromatic nitrogens is 3. The lowest BCUT2D eigenvalue weighted by molar-refractivity contribution is 1.12. The van der Waals surface area contributed by atoms with E-state index in [9.17, 15) is 0 Å². The molecule has 13 rings (SSSR count). The van der Waals surface area contributed by atoms with E-state index < -0.39 is 8.07 Å². The van der Waals surface area contributed by atoms with E-state index in [0.29, 0.717) is 0 Å². The minimum Gasteiger partial charge on any atom is -0.309 e. The van der Waals surface area contributed by atoms with Crippen LogP contribution < -0.4 is 20.7 Å². The summed E-state index contributed by atoms with van der Waals surface area (Å²) in [5.41, 5.74) is 11.8. The summed E-state index contributed by atoms with van der Waals surface area (Å²) in [6.45, 7) is 2.19. The minimum atomic E-state index is -2.69. The van der Waals surface area contributed by atoms with Crippen LogP contribution in [0.15, 0.2) is 243 Å².